The highest BCUT2D eigenvalue weighted by Crippen LogP contribution is 2.70. The number of aliphatic hydroxyl groups is 1. The molecule has 1 N–H and O–H groups in total. The number of hydrogen-bond acceptors (Lipinski definition) is 5. The van der Waals surface area contributed by atoms with E-state index < -0.39 is 46.6 Å². The van der Waals surface area contributed by atoms with Crippen LogP contribution in [0.5, 0.6) is 0 Å². The molecule has 7 heteroatoms. The van der Waals surface area contributed by atoms with Crippen molar-refractivity contribution < 1.29 is 33.0 Å². The van der Waals surface area contributed by atoms with Gasteiger partial charge in [0.25, 0.3) is 0 Å². The van der Waals surface area contributed by atoms with Crippen molar-refractivity contribution in [2.75, 3.05) is 6.61 Å². The first-order valence-electron chi connectivity index (χ1n) is 12.5. The van der Waals surface area contributed by atoms with Crippen LogP contribution in [0.2, 0.25) is 0 Å². The molecule has 0 aromatic heterocycles. The smallest absolute Gasteiger partial charge is 0.306 e. The molecule has 0 bridgehead atoms. The number of carbonyl (C=O) groups excluding carboxylic acids is 3. The van der Waals surface area contributed by atoms with Gasteiger partial charge < -0.3 is 9.84 Å². The number of unbranched alkanes of at least 4 members (excludes halogenated alkanes) is 1. The first kappa shape index (κ1) is 25.2. The predicted octanol–water partition coefficient (Wildman–Crippen LogP) is 4.47. The Morgan fingerprint density at radius 1 is 1.24 bits per heavy atom. The Balaban J connectivity index is 1.63. The predicted molar refractivity (Wildman–Crippen MR) is 122 cm³/mol. The molecule has 4 aliphatic carbocycles. The van der Waals surface area contributed by atoms with Crippen molar-refractivity contribution in [3.05, 3.63) is 23.8 Å². The van der Waals surface area contributed by atoms with Crippen LogP contribution < -0.4 is 0 Å². The van der Waals surface area contributed by atoms with Gasteiger partial charge in [-0.3, -0.25) is 14.4 Å². The number of fused-ring (bicyclic) bond motifs is 5. The Morgan fingerprint density at radius 3 is 2.62 bits per heavy atom. The van der Waals surface area contributed by atoms with Gasteiger partial charge in [0.2, 0.25) is 0 Å². The molecule has 188 valence electrons. The van der Waals surface area contributed by atoms with E-state index in [1.807, 2.05) is 20.8 Å². The monoisotopic (exact) mass is 478 g/mol. The summed E-state index contributed by atoms with van der Waals surface area (Å²) in [4.78, 5) is 37.1. The number of Topliss-reactive ketones (excluding diaryl/α,β-unsaturated/α-hetero) is 1. The molecule has 0 amide bonds. The van der Waals surface area contributed by atoms with E-state index in [4.69, 9.17) is 4.74 Å². The summed E-state index contributed by atoms with van der Waals surface area (Å²) in [6.07, 6.45) is 3.20. The molecule has 0 aromatic carbocycles. The van der Waals surface area contributed by atoms with E-state index in [1.165, 1.54) is 18.2 Å². The Bertz CT molecular complexity index is 943. The van der Waals surface area contributed by atoms with E-state index in [1.54, 1.807) is 6.92 Å². The zero-order valence-electron chi connectivity index (χ0n) is 20.5. The maximum atomic E-state index is 17.1. The van der Waals surface area contributed by atoms with Gasteiger partial charge in [-0.1, -0.05) is 33.3 Å². The van der Waals surface area contributed by atoms with E-state index in [0.717, 1.165) is 6.42 Å². The number of ether oxygens (including phenoxy) is 1. The first-order valence-corrected chi connectivity index (χ1v) is 12.5. The normalized spacial score (nSPS) is 45.1. The lowest BCUT2D eigenvalue weighted by molar-refractivity contribution is -0.202. The summed E-state index contributed by atoms with van der Waals surface area (Å²) >= 11 is 0. The minimum absolute atomic E-state index is 0.0524. The van der Waals surface area contributed by atoms with Crippen LogP contribution in [0.15, 0.2) is 23.8 Å². The summed E-state index contributed by atoms with van der Waals surface area (Å²) in [5.74, 6) is -2.75. The lowest BCUT2D eigenvalue weighted by Gasteiger charge is -2.62. The largest absolute Gasteiger partial charge is 0.458 e. The standard InChI is InChI=1S/C27H36F2O5/c1-5-6-7-23(33)34-14-21(31)24-15(2)10-17-18-12-20(28)19-11-16(30)8-9-26(19,4)27(18,29)22(32)13-25(17,24)3/h8-9,11,15,17-18,20,22,24,32H,5-7,10,12-14H2,1-4H3/t15-,17+,18+,20+,22-,24-,25+,26+,27+/m1/s1. The van der Waals surface area contributed by atoms with Gasteiger partial charge in [-0.2, -0.15) is 0 Å². The third kappa shape index (κ3) is 3.52. The van der Waals surface area contributed by atoms with Gasteiger partial charge >= 0.3 is 5.97 Å². The van der Waals surface area contributed by atoms with Crippen molar-refractivity contribution in [3.63, 3.8) is 0 Å². The number of allylic oxidation sites excluding steroid dienone is 4. The number of hydrogen-bond donors (Lipinski definition) is 1. The second-order valence-corrected chi connectivity index (χ2v) is 11.4. The molecule has 0 aliphatic heterocycles. The minimum Gasteiger partial charge on any atom is -0.458 e. The molecule has 3 fully saturated rings. The van der Waals surface area contributed by atoms with Crippen LogP contribution in [-0.4, -0.2) is 47.2 Å². The third-order valence-corrected chi connectivity index (χ3v) is 9.43. The number of ketones is 2. The van der Waals surface area contributed by atoms with Crippen molar-refractivity contribution in [2.45, 2.75) is 84.2 Å². The Labute approximate surface area is 200 Å². The van der Waals surface area contributed by atoms with Crippen molar-refractivity contribution >= 4 is 17.5 Å². The van der Waals surface area contributed by atoms with Crippen LogP contribution >= 0.6 is 0 Å². The number of aliphatic hydroxyl groups excluding tert-OH is 1. The van der Waals surface area contributed by atoms with E-state index in [0.29, 0.717) is 12.8 Å². The molecule has 0 aromatic rings. The van der Waals surface area contributed by atoms with Gasteiger partial charge in [0.1, 0.15) is 12.8 Å². The number of esters is 1. The molecule has 0 saturated heterocycles. The number of rotatable bonds is 6. The van der Waals surface area contributed by atoms with Gasteiger partial charge in [0.15, 0.2) is 17.2 Å². The molecule has 34 heavy (non-hydrogen) atoms. The molecule has 0 spiro atoms. The van der Waals surface area contributed by atoms with E-state index in [9.17, 15) is 19.5 Å². The lowest BCUT2D eigenvalue weighted by atomic mass is 9.45. The van der Waals surface area contributed by atoms with Gasteiger partial charge in [-0.15, -0.1) is 0 Å². The SMILES string of the molecule is CCCCC(=O)OCC(=O)[C@H]1[C@H](C)C[C@H]2[C@@H]3C[C@H](F)C4=CC(=O)C=C[C@]4(C)[C@@]3(F)[C@H](O)C[C@@]21C. The summed E-state index contributed by atoms with van der Waals surface area (Å²) in [7, 11) is 0. The highest BCUT2D eigenvalue weighted by atomic mass is 19.1. The fraction of sp³-hybridized carbons (Fsp3) is 0.741. The molecule has 5 nitrogen and oxygen atoms in total. The van der Waals surface area contributed by atoms with Crippen molar-refractivity contribution in [1.82, 2.24) is 0 Å². The molecule has 4 aliphatic rings. The molecule has 0 radical (unpaired) electrons. The topological polar surface area (TPSA) is 80.7 Å². The molecular weight excluding hydrogens is 442 g/mol. The number of alkyl halides is 2. The van der Waals surface area contributed by atoms with E-state index >= 15 is 8.78 Å². The van der Waals surface area contributed by atoms with E-state index in [2.05, 4.69) is 0 Å². The Morgan fingerprint density at radius 2 is 1.94 bits per heavy atom. The van der Waals surface area contributed by atoms with Crippen LogP contribution in [0, 0.1) is 34.5 Å². The molecule has 0 unspecified atom stereocenters. The summed E-state index contributed by atoms with van der Waals surface area (Å²) < 4.78 is 37.7. The molecule has 3 saturated carbocycles. The lowest BCUT2D eigenvalue weighted by Crippen LogP contribution is -2.68. The Hall–Kier alpha value is -1.89. The highest BCUT2D eigenvalue weighted by Gasteiger charge is 2.73. The number of carbonyl (C=O) groups is 3. The van der Waals surface area contributed by atoms with Crippen LogP contribution in [0.4, 0.5) is 8.78 Å². The van der Waals surface area contributed by atoms with Gasteiger partial charge in [-0.25, -0.2) is 8.78 Å². The van der Waals surface area contributed by atoms with Crippen LogP contribution in [-0.2, 0) is 19.1 Å². The summed E-state index contributed by atoms with van der Waals surface area (Å²) in [6, 6.07) is 0. The molecular formula is C27H36F2O5. The average Bonchev–Trinajstić information content (AvgIpc) is 3.03. The maximum Gasteiger partial charge on any atom is 0.306 e. The Kier molecular flexibility index (Phi) is 6.41. The van der Waals surface area contributed by atoms with Crippen molar-refractivity contribution in [3.8, 4) is 0 Å². The fourth-order valence-corrected chi connectivity index (χ4v) is 7.89. The average molecular weight is 479 g/mol. The van der Waals surface area contributed by atoms with Crippen LogP contribution in [0.1, 0.15) is 66.2 Å². The van der Waals surface area contributed by atoms with Crippen molar-refractivity contribution in [2.24, 2.45) is 34.5 Å². The summed E-state index contributed by atoms with van der Waals surface area (Å²) in [5.41, 5.74) is -4.21. The van der Waals surface area contributed by atoms with Crippen molar-refractivity contribution in [1.29, 1.82) is 0 Å². The zero-order chi connectivity index (χ0) is 25.1. The van der Waals surface area contributed by atoms with Crippen LogP contribution in [0.3, 0.4) is 0 Å². The quantitative estimate of drug-likeness (QED) is 0.570. The summed E-state index contributed by atoms with van der Waals surface area (Å²) in [5, 5.41) is 11.3. The second kappa shape index (κ2) is 8.65. The molecule has 4 rings (SSSR count). The summed E-state index contributed by atoms with van der Waals surface area (Å²) in [6.45, 7) is 7.03. The van der Waals surface area contributed by atoms with Crippen LogP contribution in [0.25, 0.3) is 0 Å². The van der Waals surface area contributed by atoms with Gasteiger partial charge in [0, 0.05) is 23.7 Å². The first-order chi connectivity index (χ1) is 15.9. The van der Waals surface area contributed by atoms with E-state index in [-0.39, 0.29) is 54.8 Å². The molecule has 9 atom stereocenters. The number of halogens is 2. The minimum atomic E-state index is -2.15. The third-order valence-electron chi connectivity index (χ3n) is 9.43. The van der Waals surface area contributed by atoms with Gasteiger partial charge in [-0.05, 0) is 67.6 Å². The zero-order valence-corrected chi connectivity index (χ0v) is 20.5. The van der Waals surface area contributed by atoms with Gasteiger partial charge in [0.05, 0.1) is 6.10 Å². The maximum absolute atomic E-state index is 17.1. The highest BCUT2D eigenvalue weighted by molar-refractivity contribution is 6.01. The second-order valence-electron chi connectivity index (χ2n) is 11.4. The fourth-order valence-electron chi connectivity index (χ4n) is 7.89. The molecule has 0 heterocycles.